The SMILES string of the molecule is CN[C@H](CN1C(=O)CC(C)(C)CC1=O)C(C)(C)C. The molecule has 0 aromatic carbocycles. The van der Waals surface area contributed by atoms with Gasteiger partial charge < -0.3 is 5.32 Å². The number of piperidine rings is 1. The molecule has 0 bridgehead atoms. The van der Waals surface area contributed by atoms with Crippen LogP contribution < -0.4 is 5.32 Å². The summed E-state index contributed by atoms with van der Waals surface area (Å²) in [6.07, 6.45) is 0.915. The second-order valence-corrected chi connectivity index (χ2v) is 7.12. The van der Waals surface area contributed by atoms with Crippen molar-refractivity contribution in [1.29, 1.82) is 0 Å². The molecule has 1 atom stereocenters. The molecule has 0 spiro atoms. The predicted octanol–water partition coefficient (Wildman–Crippen LogP) is 1.80. The number of nitrogens with one attached hydrogen (secondary N) is 1. The lowest BCUT2D eigenvalue weighted by Gasteiger charge is -2.39. The highest BCUT2D eigenvalue weighted by Gasteiger charge is 2.39. The maximum atomic E-state index is 12.1. The van der Waals surface area contributed by atoms with Gasteiger partial charge in [0.25, 0.3) is 0 Å². The van der Waals surface area contributed by atoms with E-state index in [1.54, 1.807) is 0 Å². The molecule has 1 aliphatic rings. The summed E-state index contributed by atoms with van der Waals surface area (Å²) < 4.78 is 0. The molecule has 1 N–H and O–H groups in total. The number of imide groups is 1. The molecule has 0 radical (unpaired) electrons. The summed E-state index contributed by atoms with van der Waals surface area (Å²) in [4.78, 5) is 25.6. The summed E-state index contributed by atoms with van der Waals surface area (Å²) in [6.45, 7) is 10.7. The van der Waals surface area contributed by atoms with Gasteiger partial charge in [0.05, 0.1) is 0 Å². The summed E-state index contributed by atoms with van der Waals surface area (Å²) in [5, 5.41) is 3.21. The van der Waals surface area contributed by atoms with Crippen LogP contribution in [0.4, 0.5) is 0 Å². The first-order valence-electron chi connectivity index (χ1n) is 6.57. The summed E-state index contributed by atoms with van der Waals surface area (Å²) >= 11 is 0. The van der Waals surface area contributed by atoms with Gasteiger partial charge in [-0.05, 0) is 17.9 Å². The molecular formula is C14H26N2O2. The lowest BCUT2D eigenvalue weighted by molar-refractivity contribution is -0.153. The van der Waals surface area contributed by atoms with E-state index in [9.17, 15) is 9.59 Å². The first-order chi connectivity index (χ1) is 8.07. The number of likely N-dealkylation sites (N-methyl/N-ethyl adjacent to an activating group) is 1. The third kappa shape index (κ3) is 3.55. The third-order valence-corrected chi connectivity index (χ3v) is 3.62. The molecule has 1 aliphatic heterocycles. The van der Waals surface area contributed by atoms with E-state index in [2.05, 4.69) is 26.1 Å². The smallest absolute Gasteiger partial charge is 0.229 e. The predicted molar refractivity (Wildman–Crippen MR) is 72.0 cm³/mol. The van der Waals surface area contributed by atoms with Crippen LogP contribution in [0.5, 0.6) is 0 Å². The van der Waals surface area contributed by atoms with Gasteiger partial charge in [0, 0.05) is 25.4 Å². The number of carbonyl (C=O) groups is 2. The van der Waals surface area contributed by atoms with Crippen LogP contribution in [0, 0.1) is 10.8 Å². The van der Waals surface area contributed by atoms with Gasteiger partial charge in [0.2, 0.25) is 11.8 Å². The fraction of sp³-hybridized carbons (Fsp3) is 0.857. The Morgan fingerprint density at radius 1 is 1.22 bits per heavy atom. The summed E-state index contributed by atoms with van der Waals surface area (Å²) in [5.74, 6) is -0.0819. The van der Waals surface area contributed by atoms with Gasteiger partial charge in [-0.3, -0.25) is 14.5 Å². The monoisotopic (exact) mass is 254 g/mol. The Balaban J connectivity index is 2.79. The number of hydrogen-bond acceptors (Lipinski definition) is 3. The van der Waals surface area contributed by atoms with E-state index in [-0.39, 0.29) is 28.7 Å². The molecule has 1 fully saturated rings. The first-order valence-corrected chi connectivity index (χ1v) is 6.57. The molecular weight excluding hydrogens is 228 g/mol. The topological polar surface area (TPSA) is 49.4 Å². The van der Waals surface area contributed by atoms with E-state index in [0.717, 1.165) is 0 Å². The number of likely N-dealkylation sites (tertiary alicyclic amines) is 1. The van der Waals surface area contributed by atoms with E-state index in [4.69, 9.17) is 0 Å². The average Bonchev–Trinajstić information content (AvgIpc) is 2.12. The molecule has 2 amide bonds. The molecule has 4 nitrogen and oxygen atoms in total. The van der Waals surface area contributed by atoms with Crippen LogP contribution in [-0.2, 0) is 9.59 Å². The Morgan fingerprint density at radius 2 is 1.67 bits per heavy atom. The van der Waals surface area contributed by atoms with E-state index >= 15 is 0 Å². The number of amides is 2. The van der Waals surface area contributed by atoms with Gasteiger partial charge in [-0.15, -0.1) is 0 Å². The molecule has 104 valence electrons. The Hall–Kier alpha value is -0.900. The molecule has 0 saturated carbocycles. The quantitative estimate of drug-likeness (QED) is 0.781. The Morgan fingerprint density at radius 3 is 2.00 bits per heavy atom. The van der Waals surface area contributed by atoms with Gasteiger partial charge in [-0.25, -0.2) is 0 Å². The van der Waals surface area contributed by atoms with Gasteiger partial charge in [0.1, 0.15) is 0 Å². The Kier molecular flexibility index (Phi) is 4.21. The third-order valence-electron chi connectivity index (χ3n) is 3.62. The lowest BCUT2D eigenvalue weighted by Crippen LogP contribution is -2.54. The highest BCUT2D eigenvalue weighted by Crippen LogP contribution is 2.32. The van der Waals surface area contributed by atoms with E-state index in [0.29, 0.717) is 19.4 Å². The molecule has 0 unspecified atom stereocenters. The maximum Gasteiger partial charge on any atom is 0.229 e. The van der Waals surface area contributed by atoms with Crippen molar-refractivity contribution in [2.75, 3.05) is 13.6 Å². The van der Waals surface area contributed by atoms with Crippen LogP contribution in [0.1, 0.15) is 47.5 Å². The zero-order valence-corrected chi connectivity index (χ0v) is 12.5. The fourth-order valence-electron chi connectivity index (χ4n) is 2.40. The van der Waals surface area contributed by atoms with Crippen molar-refractivity contribution < 1.29 is 9.59 Å². The van der Waals surface area contributed by atoms with Crippen molar-refractivity contribution in [3.8, 4) is 0 Å². The van der Waals surface area contributed by atoms with Crippen LogP contribution in [0.25, 0.3) is 0 Å². The van der Waals surface area contributed by atoms with Crippen LogP contribution in [0.2, 0.25) is 0 Å². The van der Waals surface area contributed by atoms with Crippen molar-refractivity contribution in [2.45, 2.75) is 53.5 Å². The maximum absolute atomic E-state index is 12.1. The number of hydrogen-bond donors (Lipinski definition) is 1. The molecule has 0 aliphatic carbocycles. The number of nitrogens with zero attached hydrogens (tertiary/aromatic N) is 1. The molecule has 1 heterocycles. The Bertz CT molecular complexity index is 322. The minimum Gasteiger partial charge on any atom is -0.315 e. The van der Waals surface area contributed by atoms with Crippen LogP contribution >= 0.6 is 0 Å². The van der Waals surface area contributed by atoms with Gasteiger partial charge in [-0.1, -0.05) is 34.6 Å². The second-order valence-electron chi connectivity index (χ2n) is 7.12. The first kappa shape index (κ1) is 15.2. The molecule has 1 saturated heterocycles. The van der Waals surface area contributed by atoms with Crippen LogP contribution in [0.15, 0.2) is 0 Å². The molecule has 4 heteroatoms. The van der Waals surface area contributed by atoms with Crippen molar-refractivity contribution in [3.63, 3.8) is 0 Å². The largest absolute Gasteiger partial charge is 0.315 e. The highest BCUT2D eigenvalue weighted by atomic mass is 16.2. The highest BCUT2D eigenvalue weighted by molar-refractivity contribution is 5.98. The van der Waals surface area contributed by atoms with Gasteiger partial charge in [-0.2, -0.15) is 0 Å². The van der Waals surface area contributed by atoms with Gasteiger partial charge >= 0.3 is 0 Å². The average molecular weight is 254 g/mol. The van der Waals surface area contributed by atoms with E-state index in [1.807, 2.05) is 20.9 Å². The standard InChI is InChI=1S/C14H26N2O2/c1-13(2,3)10(15-6)9-16-11(17)7-14(4,5)8-12(16)18/h10,15H,7-9H2,1-6H3/t10-/m1/s1. The van der Waals surface area contributed by atoms with Crippen molar-refractivity contribution >= 4 is 11.8 Å². The zero-order valence-electron chi connectivity index (χ0n) is 12.5. The lowest BCUT2D eigenvalue weighted by atomic mass is 9.80. The Labute approximate surface area is 110 Å². The normalized spacial score (nSPS) is 22.2. The zero-order chi connectivity index (χ0) is 14.1. The van der Waals surface area contributed by atoms with Crippen molar-refractivity contribution in [1.82, 2.24) is 10.2 Å². The summed E-state index contributed by atoms with van der Waals surface area (Å²) in [6, 6.07) is 0.117. The number of rotatable bonds is 3. The molecule has 1 rings (SSSR count). The van der Waals surface area contributed by atoms with Crippen LogP contribution in [0.3, 0.4) is 0 Å². The molecule has 0 aromatic rings. The molecule has 0 aromatic heterocycles. The minimum absolute atomic E-state index is 0.0161. The van der Waals surface area contributed by atoms with Crippen molar-refractivity contribution in [3.05, 3.63) is 0 Å². The minimum atomic E-state index is -0.193. The second kappa shape index (κ2) is 5.00. The van der Waals surface area contributed by atoms with Gasteiger partial charge in [0.15, 0.2) is 0 Å². The van der Waals surface area contributed by atoms with Crippen LogP contribution in [-0.4, -0.2) is 36.3 Å². The number of carbonyl (C=O) groups excluding carboxylic acids is 2. The fourth-order valence-corrected chi connectivity index (χ4v) is 2.40. The summed E-state index contributed by atoms with van der Waals surface area (Å²) in [7, 11) is 1.87. The van der Waals surface area contributed by atoms with E-state index in [1.165, 1.54) is 4.90 Å². The molecule has 18 heavy (non-hydrogen) atoms. The van der Waals surface area contributed by atoms with E-state index < -0.39 is 0 Å². The summed E-state index contributed by atoms with van der Waals surface area (Å²) in [5.41, 5.74) is -0.177. The van der Waals surface area contributed by atoms with Crippen molar-refractivity contribution in [2.24, 2.45) is 10.8 Å².